The summed E-state index contributed by atoms with van der Waals surface area (Å²) in [7, 11) is 1.55. The first-order chi connectivity index (χ1) is 8.11. The zero-order chi connectivity index (χ0) is 12.4. The summed E-state index contributed by atoms with van der Waals surface area (Å²) in [6, 6.07) is 6.99. The Morgan fingerprint density at radius 2 is 2.06 bits per heavy atom. The lowest BCUT2D eigenvalue weighted by Crippen LogP contribution is -1.98. The molecule has 1 atom stereocenters. The van der Waals surface area contributed by atoms with Crippen molar-refractivity contribution in [3.63, 3.8) is 0 Å². The maximum atomic E-state index is 10.1. The summed E-state index contributed by atoms with van der Waals surface area (Å²) in [5.74, 6) is 1.35. The van der Waals surface area contributed by atoms with Gasteiger partial charge in [-0.2, -0.15) is 0 Å². The summed E-state index contributed by atoms with van der Waals surface area (Å²) in [6.07, 6.45) is 0.800. The van der Waals surface area contributed by atoms with Gasteiger partial charge in [0.05, 0.1) is 18.4 Å². The lowest BCUT2D eigenvalue weighted by atomic mass is 10.0. The zero-order valence-electron chi connectivity index (χ0n) is 9.61. The number of aryl methyl sites for hydroxylation is 1. The lowest BCUT2D eigenvalue weighted by molar-refractivity contribution is 0.219. The molecule has 2 aromatic rings. The summed E-state index contributed by atoms with van der Waals surface area (Å²) >= 11 is 6.01. The van der Waals surface area contributed by atoms with Crippen molar-refractivity contribution in [1.82, 2.24) is 0 Å². The van der Waals surface area contributed by atoms with E-state index in [0.29, 0.717) is 21.9 Å². The van der Waals surface area contributed by atoms with E-state index < -0.39 is 6.10 Å². The molecule has 0 radical (unpaired) electrons. The fourth-order valence-electron chi connectivity index (χ4n) is 1.65. The van der Waals surface area contributed by atoms with Gasteiger partial charge in [0.1, 0.15) is 17.6 Å². The van der Waals surface area contributed by atoms with E-state index in [-0.39, 0.29) is 0 Å². The van der Waals surface area contributed by atoms with Gasteiger partial charge < -0.3 is 14.3 Å². The molecule has 1 aromatic heterocycles. The van der Waals surface area contributed by atoms with Crippen LogP contribution in [0.15, 0.2) is 34.9 Å². The molecular formula is C13H13ClO3. The van der Waals surface area contributed by atoms with Crippen LogP contribution in [0, 0.1) is 6.92 Å². The number of aliphatic hydroxyl groups excluding tert-OH is 1. The Bertz CT molecular complexity index is 519. The molecule has 0 aliphatic heterocycles. The van der Waals surface area contributed by atoms with Crippen LogP contribution in [0.25, 0.3) is 0 Å². The van der Waals surface area contributed by atoms with Crippen molar-refractivity contribution in [3.8, 4) is 5.75 Å². The number of ether oxygens (including phenoxy) is 1. The van der Waals surface area contributed by atoms with Crippen molar-refractivity contribution in [1.29, 1.82) is 0 Å². The minimum atomic E-state index is -0.740. The lowest BCUT2D eigenvalue weighted by Gasteiger charge is -2.10. The molecule has 3 nitrogen and oxygen atoms in total. The highest BCUT2D eigenvalue weighted by Gasteiger charge is 2.14. The van der Waals surface area contributed by atoms with E-state index in [2.05, 4.69) is 0 Å². The third-order valence-electron chi connectivity index (χ3n) is 2.56. The Morgan fingerprint density at radius 3 is 2.59 bits per heavy atom. The van der Waals surface area contributed by atoms with Crippen molar-refractivity contribution >= 4 is 11.6 Å². The maximum absolute atomic E-state index is 10.1. The largest absolute Gasteiger partial charge is 0.495 e. The van der Waals surface area contributed by atoms with Gasteiger partial charge in [-0.05, 0) is 30.7 Å². The maximum Gasteiger partial charge on any atom is 0.137 e. The van der Waals surface area contributed by atoms with Gasteiger partial charge in [0, 0.05) is 5.56 Å². The summed E-state index contributed by atoms with van der Waals surface area (Å²) in [6.45, 7) is 1.83. The van der Waals surface area contributed by atoms with E-state index in [1.54, 1.807) is 31.4 Å². The average molecular weight is 253 g/mol. The Morgan fingerprint density at radius 1 is 1.29 bits per heavy atom. The predicted octanol–water partition coefficient (Wildman–Crippen LogP) is 3.33. The Hall–Kier alpha value is -1.45. The van der Waals surface area contributed by atoms with Crippen molar-refractivity contribution in [2.75, 3.05) is 7.11 Å². The van der Waals surface area contributed by atoms with Crippen molar-refractivity contribution in [3.05, 3.63) is 52.4 Å². The second kappa shape index (κ2) is 4.82. The molecule has 0 aliphatic rings. The van der Waals surface area contributed by atoms with E-state index in [1.807, 2.05) is 6.92 Å². The molecule has 0 spiro atoms. The summed E-state index contributed by atoms with van der Waals surface area (Å²) in [4.78, 5) is 0. The number of furan rings is 1. The summed E-state index contributed by atoms with van der Waals surface area (Å²) in [5, 5.41) is 10.6. The predicted molar refractivity (Wildman–Crippen MR) is 65.5 cm³/mol. The van der Waals surface area contributed by atoms with Gasteiger partial charge in [0.2, 0.25) is 0 Å². The first-order valence-corrected chi connectivity index (χ1v) is 5.56. The zero-order valence-corrected chi connectivity index (χ0v) is 10.4. The topological polar surface area (TPSA) is 42.6 Å². The van der Waals surface area contributed by atoms with Gasteiger partial charge in [-0.15, -0.1) is 0 Å². The smallest absolute Gasteiger partial charge is 0.137 e. The molecule has 0 saturated heterocycles. The van der Waals surface area contributed by atoms with Gasteiger partial charge in [0.15, 0.2) is 0 Å². The van der Waals surface area contributed by atoms with Crippen LogP contribution in [0.2, 0.25) is 5.02 Å². The van der Waals surface area contributed by atoms with Crippen LogP contribution in [0.5, 0.6) is 5.75 Å². The molecule has 0 amide bonds. The van der Waals surface area contributed by atoms with Crippen LogP contribution in [0.4, 0.5) is 0 Å². The van der Waals surface area contributed by atoms with Crippen molar-refractivity contribution < 1.29 is 14.3 Å². The van der Waals surface area contributed by atoms with Crippen LogP contribution < -0.4 is 4.74 Å². The minimum Gasteiger partial charge on any atom is -0.495 e. The molecule has 2 rings (SSSR count). The Balaban J connectivity index is 2.31. The van der Waals surface area contributed by atoms with E-state index >= 15 is 0 Å². The van der Waals surface area contributed by atoms with E-state index in [1.165, 1.54) is 6.26 Å². The summed E-state index contributed by atoms with van der Waals surface area (Å²) in [5.41, 5.74) is 1.42. The summed E-state index contributed by atoms with van der Waals surface area (Å²) < 4.78 is 10.2. The van der Waals surface area contributed by atoms with Crippen LogP contribution in [0.1, 0.15) is 23.0 Å². The standard InChI is InChI=1S/C13H13ClO3/c1-8-5-10(7-17-8)13(15)9-3-4-12(16-2)11(14)6-9/h3-7,13,15H,1-2H3. The number of hydrogen-bond donors (Lipinski definition) is 1. The van der Waals surface area contributed by atoms with Gasteiger partial charge in [-0.3, -0.25) is 0 Å². The van der Waals surface area contributed by atoms with Crippen LogP contribution >= 0.6 is 11.6 Å². The van der Waals surface area contributed by atoms with Gasteiger partial charge in [-0.1, -0.05) is 17.7 Å². The molecule has 0 fully saturated rings. The molecule has 1 unspecified atom stereocenters. The molecule has 1 heterocycles. The molecule has 0 bridgehead atoms. The normalized spacial score (nSPS) is 12.5. The highest BCUT2D eigenvalue weighted by Crippen LogP contribution is 2.30. The number of benzene rings is 1. The first-order valence-electron chi connectivity index (χ1n) is 5.18. The minimum absolute atomic E-state index is 0.476. The second-order valence-corrected chi connectivity index (χ2v) is 4.19. The van der Waals surface area contributed by atoms with Crippen LogP contribution in [-0.2, 0) is 0 Å². The Kier molecular flexibility index (Phi) is 3.41. The average Bonchev–Trinajstić information content (AvgIpc) is 2.75. The molecule has 90 valence electrons. The molecular weight excluding hydrogens is 240 g/mol. The molecule has 1 N–H and O–H groups in total. The van der Waals surface area contributed by atoms with E-state index in [4.69, 9.17) is 20.8 Å². The third-order valence-corrected chi connectivity index (χ3v) is 2.85. The highest BCUT2D eigenvalue weighted by atomic mass is 35.5. The number of rotatable bonds is 3. The fraction of sp³-hybridized carbons (Fsp3) is 0.231. The van der Waals surface area contributed by atoms with Gasteiger partial charge in [-0.25, -0.2) is 0 Å². The molecule has 0 saturated carbocycles. The molecule has 17 heavy (non-hydrogen) atoms. The first kappa shape index (κ1) is 12.0. The highest BCUT2D eigenvalue weighted by molar-refractivity contribution is 6.32. The quantitative estimate of drug-likeness (QED) is 0.911. The van der Waals surface area contributed by atoms with E-state index in [9.17, 15) is 5.11 Å². The van der Waals surface area contributed by atoms with Gasteiger partial charge in [0.25, 0.3) is 0 Å². The van der Waals surface area contributed by atoms with Gasteiger partial charge >= 0.3 is 0 Å². The number of aliphatic hydroxyl groups is 1. The molecule has 1 aromatic carbocycles. The SMILES string of the molecule is COc1ccc(C(O)c2coc(C)c2)cc1Cl. The number of hydrogen-bond acceptors (Lipinski definition) is 3. The van der Waals surface area contributed by atoms with E-state index in [0.717, 1.165) is 5.76 Å². The van der Waals surface area contributed by atoms with Crippen LogP contribution in [-0.4, -0.2) is 12.2 Å². The van der Waals surface area contributed by atoms with Crippen LogP contribution in [0.3, 0.4) is 0 Å². The fourth-order valence-corrected chi connectivity index (χ4v) is 1.92. The molecule has 0 aliphatic carbocycles. The van der Waals surface area contributed by atoms with Crippen molar-refractivity contribution in [2.24, 2.45) is 0 Å². The molecule has 4 heteroatoms. The number of methoxy groups -OCH3 is 1. The number of halogens is 1. The monoisotopic (exact) mass is 252 g/mol. The third kappa shape index (κ3) is 2.46. The Labute approximate surface area is 105 Å². The second-order valence-electron chi connectivity index (χ2n) is 3.79. The van der Waals surface area contributed by atoms with Crippen molar-refractivity contribution in [2.45, 2.75) is 13.0 Å².